The topological polar surface area (TPSA) is 16.4 Å². The maximum atomic E-state index is 6.52. The van der Waals surface area contributed by atoms with Gasteiger partial charge in [-0.3, -0.25) is 0 Å². The van der Waals surface area contributed by atoms with Crippen molar-refractivity contribution in [3.8, 4) is 44.5 Å². The first-order valence-corrected chi connectivity index (χ1v) is 18.4. The second kappa shape index (κ2) is 13.4. The van der Waals surface area contributed by atoms with Crippen LogP contribution in [0.1, 0.15) is 0 Å². The molecule has 0 atom stereocenters. The van der Waals surface area contributed by atoms with Crippen molar-refractivity contribution in [2.75, 3.05) is 4.90 Å². The predicted octanol–water partition coefficient (Wildman–Crippen LogP) is 14.9. The number of hydrogen-bond acceptors (Lipinski definition) is 2. The summed E-state index contributed by atoms with van der Waals surface area (Å²) in [4.78, 5) is 2.35. The Kier molecular flexibility index (Phi) is 7.85. The van der Waals surface area contributed by atoms with Crippen molar-refractivity contribution in [3.63, 3.8) is 0 Å². The van der Waals surface area contributed by atoms with Gasteiger partial charge in [0.1, 0.15) is 11.2 Å². The third-order valence-electron chi connectivity index (χ3n) is 10.5. The Morgan fingerprint density at radius 2 is 0.741 bits per heavy atom. The van der Waals surface area contributed by atoms with Crippen LogP contribution in [0.5, 0.6) is 0 Å². The molecule has 1 aromatic heterocycles. The third-order valence-corrected chi connectivity index (χ3v) is 10.5. The summed E-state index contributed by atoms with van der Waals surface area (Å²) in [6.07, 6.45) is 0. The van der Waals surface area contributed by atoms with Crippen LogP contribution in [0.4, 0.5) is 17.1 Å². The molecular weight excluding hydrogens is 655 g/mol. The summed E-state index contributed by atoms with van der Waals surface area (Å²) in [5, 5.41) is 4.66. The van der Waals surface area contributed by atoms with Gasteiger partial charge in [0.2, 0.25) is 0 Å². The fourth-order valence-corrected chi connectivity index (χ4v) is 7.72. The van der Waals surface area contributed by atoms with E-state index in [-0.39, 0.29) is 0 Å². The van der Waals surface area contributed by atoms with Crippen molar-refractivity contribution in [2.24, 2.45) is 0 Å². The largest absolute Gasteiger partial charge is 0.456 e. The molecule has 0 spiro atoms. The third kappa shape index (κ3) is 5.81. The van der Waals surface area contributed by atoms with Gasteiger partial charge in [0, 0.05) is 27.8 Å². The van der Waals surface area contributed by atoms with E-state index < -0.39 is 0 Å². The Bertz CT molecular complexity index is 2810. The highest BCUT2D eigenvalue weighted by Gasteiger charge is 2.18. The van der Waals surface area contributed by atoms with Crippen molar-refractivity contribution in [2.45, 2.75) is 0 Å². The number of benzene rings is 9. The van der Waals surface area contributed by atoms with Crippen molar-refractivity contribution in [1.82, 2.24) is 0 Å². The van der Waals surface area contributed by atoms with Gasteiger partial charge in [-0.2, -0.15) is 0 Å². The number of nitrogens with zero attached hydrogens (tertiary/aromatic N) is 1. The maximum Gasteiger partial charge on any atom is 0.136 e. The molecule has 0 saturated heterocycles. The minimum Gasteiger partial charge on any atom is -0.456 e. The van der Waals surface area contributed by atoms with Gasteiger partial charge in [0.25, 0.3) is 0 Å². The lowest BCUT2D eigenvalue weighted by Crippen LogP contribution is -2.10. The molecule has 0 unspecified atom stereocenters. The van der Waals surface area contributed by atoms with Gasteiger partial charge < -0.3 is 9.32 Å². The maximum absolute atomic E-state index is 6.52. The molecule has 0 N–H and O–H groups in total. The van der Waals surface area contributed by atoms with Crippen molar-refractivity contribution in [1.29, 1.82) is 0 Å². The lowest BCUT2D eigenvalue weighted by molar-refractivity contribution is 0.669. The van der Waals surface area contributed by atoms with Crippen LogP contribution in [-0.4, -0.2) is 0 Å². The molecular formula is C52H35NO. The molecule has 9 aromatic carbocycles. The second-order valence-corrected chi connectivity index (χ2v) is 13.8. The normalized spacial score (nSPS) is 11.3. The van der Waals surface area contributed by atoms with E-state index in [0.29, 0.717) is 0 Å². The summed E-state index contributed by atoms with van der Waals surface area (Å²) in [6, 6.07) is 75.9. The summed E-state index contributed by atoms with van der Waals surface area (Å²) in [7, 11) is 0. The van der Waals surface area contributed by atoms with E-state index >= 15 is 0 Å². The summed E-state index contributed by atoms with van der Waals surface area (Å²) in [5.74, 6) is 0. The molecule has 0 radical (unpaired) electrons. The molecule has 10 aromatic rings. The van der Waals surface area contributed by atoms with Crippen LogP contribution in [0.25, 0.3) is 77.2 Å². The highest BCUT2D eigenvalue weighted by molar-refractivity contribution is 6.11. The van der Waals surface area contributed by atoms with Crippen LogP contribution in [0.15, 0.2) is 217 Å². The molecule has 2 heteroatoms. The number of rotatable bonds is 7. The van der Waals surface area contributed by atoms with E-state index in [1.54, 1.807) is 0 Å². The van der Waals surface area contributed by atoms with Gasteiger partial charge in [-0.25, -0.2) is 0 Å². The highest BCUT2D eigenvalue weighted by Crippen LogP contribution is 2.43. The van der Waals surface area contributed by atoms with Crippen molar-refractivity contribution in [3.05, 3.63) is 212 Å². The summed E-state index contributed by atoms with van der Waals surface area (Å²) in [6.45, 7) is 0. The van der Waals surface area contributed by atoms with E-state index in [2.05, 4.69) is 217 Å². The van der Waals surface area contributed by atoms with Crippen LogP contribution in [-0.2, 0) is 0 Å². The quantitative estimate of drug-likeness (QED) is 0.166. The standard InChI is InChI=1S/C52H35NO/c1-4-12-36(13-5-1)38-20-25-44(26-21-38)53(45-27-22-39(23-28-45)37-14-6-2-7-15-37)46-29-31-47(49(35-46)40-16-8-3-9-17-40)43-24-30-48-50-32-41-18-10-11-19-42(41)33-52(50)54-51(48)34-43/h1-35H. The van der Waals surface area contributed by atoms with Crippen LogP contribution in [0, 0.1) is 0 Å². The molecule has 10 rings (SSSR count). The Balaban J connectivity index is 1.11. The van der Waals surface area contributed by atoms with Gasteiger partial charge >= 0.3 is 0 Å². The first kappa shape index (κ1) is 31.6. The number of fused-ring (bicyclic) bond motifs is 4. The molecule has 0 amide bonds. The molecule has 0 bridgehead atoms. The summed E-state index contributed by atoms with van der Waals surface area (Å²) < 4.78 is 6.52. The zero-order chi connectivity index (χ0) is 35.8. The first-order chi connectivity index (χ1) is 26.7. The highest BCUT2D eigenvalue weighted by atomic mass is 16.3. The Hall–Kier alpha value is -7.16. The van der Waals surface area contributed by atoms with Gasteiger partial charge in [0.15, 0.2) is 0 Å². The predicted molar refractivity (Wildman–Crippen MR) is 228 cm³/mol. The van der Waals surface area contributed by atoms with E-state index in [0.717, 1.165) is 61.3 Å². The van der Waals surface area contributed by atoms with E-state index in [9.17, 15) is 0 Å². The van der Waals surface area contributed by atoms with Crippen LogP contribution in [0.3, 0.4) is 0 Å². The fourth-order valence-electron chi connectivity index (χ4n) is 7.72. The Morgan fingerprint density at radius 3 is 1.33 bits per heavy atom. The van der Waals surface area contributed by atoms with Gasteiger partial charge in [-0.05, 0) is 116 Å². The Morgan fingerprint density at radius 1 is 0.278 bits per heavy atom. The number of anilines is 3. The van der Waals surface area contributed by atoms with Crippen molar-refractivity contribution < 1.29 is 4.42 Å². The molecule has 2 nitrogen and oxygen atoms in total. The van der Waals surface area contributed by atoms with E-state index in [1.165, 1.54) is 33.0 Å². The first-order valence-electron chi connectivity index (χ1n) is 18.4. The smallest absolute Gasteiger partial charge is 0.136 e. The monoisotopic (exact) mass is 689 g/mol. The molecule has 254 valence electrons. The van der Waals surface area contributed by atoms with Gasteiger partial charge in [-0.15, -0.1) is 0 Å². The van der Waals surface area contributed by atoms with Crippen LogP contribution in [0.2, 0.25) is 0 Å². The average molecular weight is 690 g/mol. The SMILES string of the molecule is c1ccc(-c2ccc(N(c3ccc(-c4ccccc4)cc3)c3ccc(-c4ccc5c(c4)oc4cc6ccccc6cc45)c(-c4ccccc4)c3)cc2)cc1. The fraction of sp³-hybridized carbons (Fsp3) is 0. The zero-order valence-electron chi connectivity index (χ0n) is 29.6. The lowest BCUT2D eigenvalue weighted by Gasteiger charge is -2.27. The molecule has 0 aliphatic heterocycles. The molecule has 0 fully saturated rings. The lowest BCUT2D eigenvalue weighted by atomic mass is 9.93. The molecule has 0 aliphatic rings. The summed E-state index contributed by atoms with van der Waals surface area (Å²) >= 11 is 0. The molecule has 0 saturated carbocycles. The minimum absolute atomic E-state index is 0.888. The summed E-state index contributed by atoms with van der Waals surface area (Å²) in [5.41, 5.74) is 14.4. The van der Waals surface area contributed by atoms with Crippen LogP contribution >= 0.6 is 0 Å². The van der Waals surface area contributed by atoms with E-state index in [4.69, 9.17) is 4.42 Å². The Labute approximate surface area is 314 Å². The average Bonchev–Trinajstić information content (AvgIpc) is 3.61. The van der Waals surface area contributed by atoms with Crippen LogP contribution < -0.4 is 4.90 Å². The zero-order valence-corrected chi connectivity index (χ0v) is 29.6. The van der Waals surface area contributed by atoms with Crippen molar-refractivity contribution >= 4 is 49.8 Å². The molecule has 0 aliphatic carbocycles. The van der Waals surface area contributed by atoms with E-state index in [1.807, 2.05) is 0 Å². The second-order valence-electron chi connectivity index (χ2n) is 13.8. The van der Waals surface area contributed by atoms with Gasteiger partial charge in [0.05, 0.1) is 0 Å². The number of furan rings is 1. The molecule has 1 heterocycles. The van der Waals surface area contributed by atoms with Gasteiger partial charge in [-0.1, -0.05) is 152 Å². The minimum atomic E-state index is 0.888. The molecule has 54 heavy (non-hydrogen) atoms. The number of hydrogen-bond donors (Lipinski definition) is 0.